The normalized spacial score (nSPS) is 10.0. The lowest BCUT2D eigenvalue weighted by Gasteiger charge is -2.09. The van der Waals surface area contributed by atoms with Gasteiger partial charge in [-0.25, -0.2) is 4.39 Å². The van der Waals surface area contributed by atoms with Crippen molar-refractivity contribution < 1.29 is 9.18 Å². The highest BCUT2D eigenvalue weighted by Crippen LogP contribution is 2.16. The number of halogens is 2. The largest absolute Gasteiger partial charge is 0.348 e. The Hall–Kier alpha value is -2.19. The molecule has 0 fully saturated rings. The van der Waals surface area contributed by atoms with E-state index >= 15 is 0 Å². The molecule has 2 aromatic rings. The lowest BCUT2D eigenvalue weighted by molar-refractivity contribution is 0.0950. The lowest BCUT2D eigenvalue weighted by Crippen LogP contribution is -2.24. The van der Waals surface area contributed by atoms with E-state index in [2.05, 4.69) is 21.2 Å². The highest BCUT2D eigenvalue weighted by Gasteiger charge is 2.10. The third-order valence-corrected chi connectivity index (χ3v) is 3.55. The third kappa shape index (κ3) is 3.67. The van der Waals surface area contributed by atoms with Gasteiger partial charge in [0.15, 0.2) is 0 Å². The number of hydrogen-bond donors (Lipinski definition) is 1. The molecule has 2 aromatic carbocycles. The predicted molar refractivity (Wildman–Crippen MR) is 81.2 cm³/mol. The second-order valence-corrected chi connectivity index (χ2v) is 5.48. The van der Waals surface area contributed by atoms with Crippen LogP contribution in [0.25, 0.3) is 0 Å². The molecule has 0 aliphatic rings. The van der Waals surface area contributed by atoms with Crippen LogP contribution >= 0.6 is 15.9 Å². The summed E-state index contributed by atoms with van der Waals surface area (Å²) in [5, 5.41) is 11.4. The number of nitriles is 1. The Morgan fingerprint density at radius 1 is 1.33 bits per heavy atom. The van der Waals surface area contributed by atoms with E-state index in [0.29, 0.717) is 11.1 Å². The van der Waals surface area contributed by atoms with Crippen molar-refractivity contribution in [2.75, 3.05) is 0 Å². The van der Waals surface area contributed by atoms with Crippen molar-refractivity contribution in [1.82, 2.24) is 5.32 Å². The van der Waals surface area contributed by atoms with Gasteiger partial charge in [0.2, 0.25) is 0 Å². The van der Waals surface area contributed by atoms with Crippen LogP contribution in [-0.4, -0.2) is 5.91 Å². The van der Waals surface area contributed by atoms with E-state index < -0.39 is 5.82 Å². The molecule has 0 heterocycles. The molecule has 2 rings (SSSR count). The Morgan fingerprint density at radius 2 is 2.10 bits per heavy atom. The topological polar surface area (TPSA) is 52.9 Å². The number of amides is 1. The van der Waals surface area contributed by atoms with Crippen molar-refractivity contribution in [2.45, 2.75) is 13.5 Å². The smallest absolute Gasteiger partial charge is 0.251 e. The van der Waals surface area contributed by atoms with E-state index in [9.17, 15) is 9.18 Å². The van der Waals surface area contributed by atoms with Crippen molar-refractivity contribution in [1.29, 1.82) is 5.26 Å². The highest BCUT2D eigenvalue weighted by molar-refractivity contribution is 9.10. The van der Waals surface area contributed by atoms with Crippen LogP contribution in [0.1, 0.15) is 27.0 Å². The van der Waals surface area contributed by atoms with Gasteiger partial charge in [-0.1, -0.05) is 22.0 Å². The van der Waals surface area contributed by atoms with Crippen LogP contribution in [0.4, 0.5) is 4.39 Å². The number of benzene rings is 2. The molecule has 0 atom stereocenters. The van der Waals surface area contributed by atoms with Crippen molar-refractivity contribution in [3.05, 3.63) is 68.9 Å². The quantitative estimate of drug-likeness (QED) is 0.921. The summed E-state index contributed by atoms with van der Waals surface area (Å²) in [6, 6.07) is 11.4. The van der Waals surface area contributed by atoms with Gasteiger partial charge in [0.25, 0.3) is 5.91 Å². The summed E-state index contributed by atoms with van der Waals surface area (Å²) in [7, 11) is 0. The molecule has 5 heteroatoms. The van der Waals surface area contributed by atoms with Crippen molar-refractivity contribution in [3.8, 4) is 6.07 Å². The summed E-state index contributed by atoms with van der Waals surface area (Å²) < 4.78 is 14.6. The molecule has 1 amide bonds. The zero-order chi connectivity index (χ0) is 15.4. The number of rotatable bonds is 3. The monoisotopic (exact) mass is 346 g/mol. The van der Waals surface area contributed by atoms with E-state index in [4.69, 9.17) is 5.26 Å². The minimum Gasteiger partial charge on any atom is -0.348 e. The molecule has 0 saturated carbocycles. The van der Waals surface area contributed by atoms with E-state index in [1.54, 1.807) is 12.1 Å². The fraction of sp³-hybridized carbons (Fsp3) is 0.125. The van der Waals surface area contributed by atoms with Gasteiger partial charge in [0, 0.05) is 22.1 Å². The standard InChI is InChI=1S/C16H12BrFN2O/c1-10-6-13(17)4-5-14(10)16(21)20-9-12-3-2-11(8-19)7-15(12)18/h2-7H,9H2,1H3,(H,20,21). The number of carbonyl (C=O) groups is 1. The maximum atomic E-state index is 13.7. The number of hydrogen-bond acceptors (Lipinski definition) is 2. The molecule has 0 bridgehead atoms. The molecule has 3 nitrogen and oxygen atoms in total. The fourth-order valence-electron chi connectivity index (χ4n) is 1.91. The number of nitrogens with zero attached hydrogens (tertiary/aromatic N) is 1. The Kier molecular flexibility index (Phi) is 4.71. The van der Waals surface area contributed by atoms with Crippen molar-refractivity contribution in [3.63, 3.8) is 0 Å². The van der Waals surface area contributed by atoms with Crippen LogP contribution in [0.15, 0.2) is 40.9 Å². The highest BCUT2D eigenvalue weighted by atomic mass is 79.9. The maximum Gasteiger partial charge on any atom is 0.251 e. The molecule has 0 spiro atoms. The van der Waals surface area contributed by atoms with Crippen LogP contribution < -0.4 is 5.32 Å². The number of aryl methyl sites for hydroxylation is 1. The number of nitrogens with one attached hydrogen (secondary N) is 1. The summed E-state index contributed by atoms with van der Waals surface area (Å²) in [5.74, 6) is -0.759. The first kappa shape index (κ1) is 15.2. The SMILES string of the molecule is Cc1cc(Br)ccc1C(=O)NCc1ccc(C#N)cc1F. The van der Waals surface area contributed by atoms with Crippen LogP contribution in [-0.2, 0) is 6.54 Å². The van der Waals surface area contributed by atoms with Gasteiger partial charge in [-0.2, -0.15) is 5.26 Å². The summed E-state index contributed by atoms with van der Waals surface area (Å²) in [6.45, 7) is 1.91. The molecule has 0 unspecified atom stereocenters. The summed E-state index contributed by atoms with van der Waals surface area (Å²) in [5.41, 5.74) is 1.98. The van der Waals surface area contributed by atoms with E-state index in [-0.39, 0.29) is 18.0 Å². The molecule has 0 aliphatic carbocycles. The van der Waals surface area contributed by atoms with Gasteiger partial charge in [0.05, 0.1) is 11.6 Å². The third-order valence-electron chi connectivity index (χ3n) is 3.05. The minimum absolute atomic E-state index is 0.0753. The number of carbonyl (C=O) groups excluding carboxylic acids is 1. The van der Waals surface area contributed by atoms with Crippen molar-refractivity contribution in [2.24, 2.45) is 0 Å². The zero-order valence-electron chi connectivity index (χ0n) is 11.3. The molecule has 1 N–H and O–H groups in total. The summed E-state index contributed by atoms with van der Waals surface area (Å²) in [6.07, 6.45) is 0. The molecule has 0 aromatic heterocycles. The van der Waals surface area contributed by atoms with Gasteiger partial charge in [-0.15, -0.1) is 0 Å². The fourth-order valence-corrected chi connectivity index (χ4v) is 2.39. The van der Waals surface area contributed by atoms with Gasteiger partial charge >= 0.3 is 0 Å². The molecule has 21 heavy (non-hydrogen) atoms. The van der Waals surface area contributed by atoms with Gasteiger partial charge < -0.3 is 5.32 Å². The zero-order valence-corrected chi connectivity index (χ0v) is 12.9. The first-order chi connectivity index (χ1) is 10.0. The van der Waals surface area contributed by atoms with Crippen LogP contribution in [0.3, 0.4) is 0 Å². The molecule has 0 radical (unpaired) electrons. The molecular weight excluding hydrogens is 335 g/mol. The Labute approximate surface area is 130 Å². The first-order valence-corrected chi connectivity index (χ1v) is 7.03. The van der Waals surface area contributed by atoms with Crippen LogP contribution in [0.5, 0.6) is 0 Å². The Morgan fingerprint density at radius 3 is 2.71 bits per heavy atom. The van der Waals surface area contributed by atoms with Crippen molar-refractivity contribution >= 4 is 21.8 Å². The van der Waals surface area contributed by atoms with Crippen LogP contribution in [0, 0.1) is 24.1 Å². The molecule has 106 valence electrons. The van der Waals surface area contributed by atoms with Gasteiger partial charge in [-0.3, -0.25) is 4.79 Å². The van der Waals surface area contributed by atoms with E-state index in [0.717, 1.165) is 16.1 Å². The predicted octanol–water partition coefficient (Wildman–Crippen LogP) is 3.70. The van der Waals surface area contributed by atoms with E-state index in [1.165, 1.54) is 12.1 Å². The Bertz CT molecular complexity index is 738. The molecule has 0 aliphatic heterocycles. The average molecular weight is 347 g/mol. The maximum absolute atomic E-state index is 13.7. The Balaban J connectivity index is 2.09. The molecule has 0 saturated heterocycles. The van der Waals surface area contributed by atoms with E-state index in [1.807, 2.05) is 19.1 Å². The van der Waals surface area contributed by atoms with Gasteiger partial charge in [0.1, 0.15) is 5.82 Å². The van der Waals surface area contributed by atoms with Crippen LogP contribution in [0.2, 0.25) is 0 Å². The average Bonchev–Trinajstić information content (AvgIpc) is 2.45. The summed E-state index contributed by atoms with van der Waals surface area (Å²) in [4.78, 5) is 12.1. The first-order valence-electron chi connectivity index (χ1n) is 6.24. The minimum atomic E-state index is -0.498. The lowest BCUT2D eigenvalue weighted by atomic mass is 10.1. The molecular formula is C16H12BrFN2O. The second-order valence-electron chi connectivity index (χ2n) is 4.56. The summed E-state index contributed by atoms with van der Waals surface area (Å²) >= 11 is 3.34. The second kappa shape index (κ2) is 6.51. The van der Waals surface area contributed by atoms with Gasteiger partial charge in [-0.05, 0) is 42.8 Å².